The summed E-state index contributed by atoms with van der Waals surface area (Å²) in [7, 11) is 1.52. The minimum Gasteiger partial charge on any atom is -0.495 e. The van der Waals surface area contributed by atoms with Crippen molar-refractivity contribution >= 4 is 17.4 Å². The van der Waals surface area contributed by atoms with Crippen LogP contribution in [0.3, 0.4) is 0 Å². The van der Waals surface area contributed by atoms with Crippen LogP contribution in [0.5, 0.6) is 5.75 Å². The Labute approximate surface area is 170 Å². The Hall–Kier alpha value is -3.30. The second kappa shape index (κ2) is 7.85. The summed E-state index contributed by atoms with van der Waals surface area (Å²) in [6.07, 6.45) is -2.03. The molecule has 1 N–H and O–H groups in total. The number of anilines is 1. The van der Waals surface area contributed by atoms with Gasteiger partial charge in [-0.05, 0) is 37.1 Å². The van der Waals surface area contributed by atoms with Gasteiger partial charge in [-0.2, -0.15) is 13.2 Å². The standard InChI is InChI=1S/C20H20F3N5O2/c1-30-16-7-3-2-6-15(16)24-19(29)27-10-4-5-13(11-27)18-26-25-17-9-8-14(12-28(17)18)20(21,22)23/h2-3,6-9,12-13H,4-5,10-11H2,1H3,(H,24,29)/t13-/m0/s1. The van der Waals surface area contributed by atoms with E-state index in [1.165, 1.54) is 17.6 Å². The van der Waals surface area contributed by atoms with Crippen LogP contribution in [-0.2, 0) is 6.18 Å². The van der Waals surface area contributed by atoms with Gasteiger partial charge in [-0.3, -0.25) is 4.40 Å². The van der Waals surface area contributed by atoms with E-state index in [0.29, 0.717) is 48.8 Å². The van der Waals surface area contributed by atoms with Crippen molar-refractivity contribution in [1.29, 1.82) is 0 Å². The molecule has 0 spiro atoms. The molecule has 0 saturated carbocycles. The van der Waals surface area contributed by atoms with Crippen LogP contribution in [0.15, 0.2) is 42.6 Å². The molecular weight excluding hydrogens is 399 g/mol. The number of halogens is 3. The number of ether oxygens (including phenoxy) is 1. The predicted molar refractivity (Wildman–Crippen MR) is 104 cm³/mol. The third kappa shape index (κ3) is 3.89. The molecule has 3 heterocycles. The number of para-hydroxylation sites is 2. The van der Waals surface area contributed by atoms with Crippen molar-refractivity contribution in [1.82, 2.24) is 19.5 Å². The summed E-state index contributed by atoms with van der Waals surface area (Å²) in [5, 5.41) is 10.9. The molecule has 1 atom stereocenters. The normalized spacial score (nSPS) is 17.2. The van der Waals surface area contributed by atoms with Gasteiger partial charge >= 0.3 is 12.2 Å². The Morgan fingerprint density at radius 3 is 2.77 bits per heavy atom. The number of piperidine rings is 1. The molecule has 2 aromatic heterocycles. The average Bonchev–Trinajstić information content (AvgIpc) is 3.17. The second-order valence-electron chi connectivity index (χ2n) is 7.12. The van der Waals surface area contributed by atoms with Gasteiger partial charge in [0.25, 0.3) is 0 Å². The highest BCUT2D eigenvalue weighted by molar-refractivity contribution is 5.91. The molecule has 1 aromatic carbocycles. The zero-order valence-corrected chi connectivity index (χ0v) is 16.2. The molecule has 3 aromatic rings. The van der Waals surface area contributed by atoms with Gasteiger partial charge in [0.1, 0.15) is 11.6 Å². The van der Waals surface area contributed by atoms with Gasteiger partial charge in [-0.25, -0.2) is 4.79 Å². The number of carbonyl (C=O) groups is 1. The molecule has 1 aliphatic heterocycles. The van der Waals surface area contributed by atoms with Crippen LogP contribution < -0.4 is 10.1 Å². The van der Waals surface area contributed by atoms with Gasteiger partial charge < -0.3 is 15.0 Å². The third-order valence-corrected chi connectivity index (χ3v) is 5.18. The Kier molecular flexibility index (Phi) is 5.23. The van der Waals surface area contributed by atoms with Gasteiger partial charge in [0.15, 0.2) is 5.65 Å². The highest BCUT2D eigenvalue weighted by Gasteiger charge is 2.33. The predicted octanol–water partition coefficient (Wildman–Crippen LogP) is 4.17. The Bertz CT molecular complexity index is 1070. The maximum absolute atomic E-state index is 13.1. The van der Waals surface area contributed by atoms with Gasteiger partial charge in [0.2, 0.25) is 0 Å². The number of benzene rings is 1. The number of pyridine rings is 1. The number of methoxy groups -OCH3 is 1. The molecule has 158 valence electrons. The van der Waals surface area contributed by atoms with E-state index in [1.54, 1.807) is 29.2 Å². The van der Waals surface area contributed by atoms with Crippen LogP contribution in [0.25, 0.3) is 5.65 Å². The van der Waals surface area contributed by atoms with Crippen molar-refractivity contribution < 1.29 is 22.7 Å². The van der Waals surface area contributed by atoms with E-state index in [4.69, 9.17) is 4.74 Å². The lowest BCUT2D eigenvalue weighted by Gasteiger charge is -2.32. The fourth-order valence-corrected chi connectivity index (χ4v) is 3.67. The summed E-state index contributed by atoms with van der Waals surface area (Å²) < 4.78 is 45.9. The van der Waals surface area contributed by atoms with E-state index in [2.05, 4.69) is 15.5 Å². The molecular formula is C20H20F3N5O2. The molecule has 1 aliphatic rings. The van der Waals surface area contributed by atoms with Crippen LogP contribution in [-0.4, -0.2) is 45.7 Å². The molecule has 1 saturated heterocycles. The van der Waals surface area contributed by atoms with Crippen LogP contribution in [0.2, 0.25) is 0 Å². The van der Waals surface area contributed by atoms with Crippen LogP contribution in [0.1, 0.15) is 30.1 Å². The highest BCUT2D eigenvalue weighted by atomic mass is 19.4. The molecule has 7 nitrogen and oxygen atoms in total. The number of rotatable bonds is 3. The molecule has 0 aliphatic carbocycles. The lowest BCUT2D eigenvalue weighted by atomic mass is 9.97. The van der Waals surface area contributed by atoms with Crippen LogP contribution in [0.4, 0.5) is 23.7 Å². The van der Waals surface area contributed by atoms with E-state index in [-0.39, 0.29) is 11.9 Å². The molecule has 0 unspecified atom stereocenters. The first-order valence-electron chi connectivity index (χ1n) is 9.47. The van der Waals surface area contributed by atoms with E-state index in [1.807, 2.05) is 0 Å². The number of amides is 2. The number of fused-ring (bicyclic) bond motifs is 1. The van der Waals surface area contributed by atoms with E-state index < -0.39 is 11.7 Å². The lowest BCUT2D eigenvalue weighted by molar-refractivity contribution is -0.137. The van der Waals surface area contributed by atoms with Crippen molar-refractivity contribution in [2.45, 2.75) is 24.9 Å². The van der Waals surface area contributed by atoms with Crippen molar-refractivity contribution in [3.63, 3.8) is 0 Å². The highest BCUT2D eigenvalue weighted by Crippen LogP contribution is 2.32. The molecule has 30 heavy (non-hydrogen) atoms. The quantitative estimate of drug-likeness (QED) is 0.692. The summed E-state index contributed by atoms with van der Waals surface area (Å²) in [6, 6.07) is 9.07. The van der Waals surface area contributed by atoms with Crippen molar-refractivity contribution in [2.75, 3.05) is 25.5 Å². The monoisotopic (exact) mass is 419 g/mol. The minimum absolute atomic E-state index is 0.222. The van der Waals surface area contributed by atoms with Crippen molar-refractivity contribution in [2.24, 2.45) is 0 Å². The largest absolute Gasteiger partial charge is 0.495 e. The van der Waals surface area contributed by atoms with Crippen molar-refractivity contribution in [3.05, 3.63) is 54.0 Å². The number of carbonyl (C=O) groups excluding carboxylic acids is 1. The molecule has 1 fully saturated rings. The second-order valence-corrected chi connectivity index (χ2v) is 7.12. The van der Waals surface area contributed by atoms with E-state index in [9.17, 15) is 18.0 Å². The number of nitrogens with one attached hydrogen (secondary N) is 1. The number of nitrogens with zero attached hydrogens (tertiary/aromatic N) is 4. The number of aromatic nitrogens is 3. The zero-order chi connectivity index (χ0) is 21.3. The minimum atomic E-state index is -4.46. The number of hydrogen-bond donors (Lipinski definition) is 1. The third-order valence-electron chi connectivity index (χ3n) is 5.18. The zero-order valence-electron chi connectivity index (χ0n) is 16.2. The molecule has 2 amide bonds. The fraction of sp³-hybridized carbons (Fsp3) is 0.350. The summed E-state index contributed by atoms with van der Waals surface area (Å²) in [5.41, 5.74) is 0.126. The molecule has 0 radical (unpaired) electrons. The SMILES string of the molecule is COc1ccccc1NC(=O)N1CCC[C@H](c2nnc3ccc(C(F)(F)F)cn23)C1. The van der Waals surface area contributed by atoms with Gasteiger partial charge in [-0.15, -0.1) is 10.2 Å². The van der Waals surface area contributed by atoms with Gasteiger partial charge in [-0.1, -0.05) is 12.1 Å². The average molecular weight is 419 g/mol. The molecule has 10 heteroatoms. The summed E-state index contributed by atoms with van der Waals surface area (Å²) in [5.74, 6) is 0.745. The molecule has 4 rings (SSSR count). The first-order valence-corrected chi connectivity index (χ1v) is 9.47. The Morgan fingerprint density at radius 2 is 2.00 bits per heavy atom. The summed E-state index contributed by atoms with van der Waals surface area (Å²) in [6.45, 7) is 0.875. The summed E-state index contributed by atoms with van der Waals surface area (Å²) in [4.78, 5) is 14.4. The van der Waals surface area contributed by atoms with Crippen molar-refractivity contribution in [3.8, 4) is 5.75 Å². The summed E-state index contributed by atoms with van der Waals surface area (Å²) >= 11 is 0. The topological polar surface area (TPSA) is 71.8 Å². The number of hydrogen-bond acceptors (Lipinski definition) is 4. The van der Waals surface area contributed by atoms with E-state index in [0.717, 1.165) is 12.3 Å². The number of alkyl halides is 3. The van der Waals surface area contributed by atoms with Gasteiger partial charge in [0, 0.05) is 25.2 Å². The Morgan fingerprint density at radius 1 is 1.20 bits per heavy atom. The van der Waals surface area contributed by atoms with Gasteiger partial charge in [0.05, 0.1) is 18.4 Å². The lowest BCUT2D eigenvalue weighted by Crippen LogP contribution is -2.42. The van der Waals surface area contributed by atoms with E-state index >= 15 is 0 Å². The van der Waals surface area contributed by atoms with Crippen LogP contribution in [0, 0.1) is 0 Å². The van der Waals surface area contributed by atoms with Crippen LogP contribution >= 0.6 is 0 Å². The number of urea groups is 1. The Balaban J connectivity index is 1.55. The maximum atomic E-state index is 13.1. The maximum Gasteiger partial charge on any atom is 0.417 e. The first-order chi connectivity index (χ1) is 14.4. The first kappa shape index (κ1) is 20.0. The number of likely N-dealkylation sites (tertiary alicyclic amines) is 1. The molecule has 0 bridgehead atoms. The fourth-order valence-electron chi connectivity index (χ4n) is 3.67. The smallest absolute Gasteiger partial charge is 0.417 e.